The molecule has 0 unspecified atom stereocenters. The maximum atomic E-state index is 12.9. The monoisotopic (exact) mass is 232 g/mol. The van der Waals surface area contributed by atoms with Gasteiger partial charge in [0.1, 0.15) is 0 Å². The van der Waals surface area contributed by atoms with Crippen molar-refractivity contribution < 1.29 is 13.9 Å². The zero-order valence-corrected chi connectivity index (χ0v) is 9.03. The lowest BCUT2D eigenvalue weighted by molar-refractivity contribution is -0.108. The van der Waals surface area contributed by atoms with E-state index in [-0.39, 0.29) is 6.54 Å². The lowest BCUT2D eigenvalue weighted by Crippen LogP contribution is -2.32. The fraction of sp³-hybridized carbons (Fsp3) is 0.556. The van der Waals surface area contributed by atoms with E-state index in [0.29, 0.717) is 6.42 Å². The minimum Gasteiger partial charge on any atom is -0.356 e. The summed E-state index contributed by atoms with van der Waals surface area (Å²) >= 11 is 0. The van der Waals surface area contributed by atoms with E-state index in [1.165, 1.54) is 14.2 Å². The number of ether oxygens (including phenoxy) is 2. The van der Waals surface area contributed by atoms with Crippen molar-refractivity contribution in [3.05, 3.63) is 32.9 Å². The zero-order chi connectivity index (χ0) is 12.1. The number of hydrogen-bond donors (Lipinski definition) is 1. The molecule has 0 bridgehead atoms. The highest BCUT2D eigenvalue weighted by atomic mass is 19.1. The van der Waals surface area contributed by atoms with Crippen LogP contribution in [-0.2, 0) is 16.0 Å². The summed E-state index contributed by atoms with van der Waals surface area (Å²) in [5, 5.41) is 0. The van der Waals surface area contributed by atoms with Gasteiger partial charge in [-0.15, -0.1) is 0 Å². The Hall–Kier alpha value is -1.47. The van der Waals surface area contributed by atoms with E-state index in [1.54, 1.807) is 0 Å². The van der Waals surface area contributed by atoms with Gasteiger partial charge in [-0.2, -0.15) is 4.39 Å². The van der Waals surface area contributed by atoms with Gasteiger partial charge in [0.05, 0.1) is 6.20 Å². The minimum absolute atomic E-state index is 0.193. The smallest absolute Gasteiger partial charge is 0.328 e. The summed E-state index contributed by atoms with van der Waals surface area (Å²) < 4.78 is 23.8. The van der Waals surface area contributed by atoms with Crippen molar-refractivity contribution in [2.75, 3.05) is 14.2 Å². The summed E-state index contributed by atoms with van der Waals surface area (Å²) in [6.07, 6.45) is 0.768. The fourth-order valence-corrected chi connectivity index (χ4v) is 1.23. The van der Waals surface area contributed by atoms with Crippen LogP contribution in [0.25, 0.3) is 0 Å². The molecule has 1 heterocycles. The van der Waals surface area contributed by atoms with Gasteiger partial charge >= 0.3 is 5.69 Å². The molecule has 0 aliphatic heterocycles. The normalized spacial score (nSPS) is 11.0. The summed E-state index contributed by atoms with van der Waals surface area (Å²) in [6.45, 7) is 0.193. The first-order valence-corrected chi connectivity index (χ1v) is 4.63. The van der Waals surface area contributed by atoms with Crippen LogP contribution in [0.2, 0.25) is 0 Å². The molecule has 0 saturated heterocycles. The van der Waals surface area contributed by atoms with Crippen molar-refractivity contribution in [1.29, 1.82) is 0 Å². The molecule has 1 rings (SSSR count). The second-order valence-corrected chi connectivity index (χ2v) is 3.12. The van der Waals surface area contributed by atoms with Crippen molar-refractivity contribution in [1.82, 2.24) is 9.55 Å². The molecule has 0 fully saturated rings. The van der Waals surface area contributed by atoms with E-state index >= 15 is 0 Å². The highest BCUT2D eigenvalue weighted by molar-refractivity contribution is 4.86. The van der Waals surface area contributed by atoms with Crippen molar-refractivity contribution in [2.24, 2.45) is 0 Å². The summed E-state index contributed by atoms with van der Waals surface area (Å²) in [4.78, 5) is 23.9. The van der Waals surface area contributed by atoms with Gasteiger partial charge in [-0.1, -0.05) is 0 Å². The third-order valence-electron chi connectivity index (χ3n) is 2.10. The largest absolute Gasteiger partial charge is 0.356 e. The molecule has 0 amide bonds. The molecule has 6 nitrogen and oxygen atoms in total. The van der Waals surface area contributed by atoms with Gasteiger partial charge in [-0.3, -0.25) is 14.3 Å². The van der Waals surface area contributed by atoms with Gasteiger partial charge in [-0.25, -0.2) is 4.79 Å². The predicted molar refractivity (Wildman–Crippen MR) is 53.7 cm³/mol. The zero-order valence-electron chi connectivity index (χ0n) is 9.03. The quantitative estimate of drug-likeness (QED) is 0.706. The van der Waals surface area contributed by atoms with Crippen molar-refractivity contribution in [2.45, 2.75) is 19.3 Å². The van der Waals surface area contributed by atoms with Crippen LogP contribution in [0.5, 0.6) is 0 Å². The molecule has 0 radical (unpaired) electrons. The number of aromatic amines is 1. The van der Waals surface area contributed by atoms with E-state index < -0.39 is 23.4 Å². The Bertz CT molecular complexity index is 450. The van der Waals surface area contributed by atoms with Crippen LogP contribution in [0.1, 0.15) is 6.42 Å². The number of aromatic nitrogens is 2. The second-order valence-electron chi connectivity index (χ2n) is 3.12. The standard InChI is InChI=1S/C9H13FN2O4/c1-15-7(16-2)3-4-12-5-6(10)8(13)11-9(12)14/h5,7H,3-4H2,1-2H3,(H,11,13,14). The lowest BCUT2D eigenvalue weighted by Gasteiger charge is -2.13. The molecule has 16 heavy (non-hydrogen) atoms. The number of nitrogens with zero attached hydrogens (tertiary/aromatic N) is 1. The Morgan fingerprint density at radius 1 is 1.44 bits per heavy atom. The SMILES string of the molecule is COC(CCn1cc(F)c(=O)[nH]c1=O)OC. The van der Waals surface area contributed by atoms with Gasteiger partial charge in [0.15, 0.2) is 6.29 Å². The van der Waals surface area contributed by atoms with E-state index in [4.69, 9.17) is 9.47 Å². The number of halogens is 1. The Labute approximate surface area is 90.6 Å². The molecule has 1 N–H and O–H groups in total. The van der Waals surface area contributed by atoms with Crippen molar-refractivity contribution in [3.63, 3.8) is 0 Å². The Balaban J connectivity index is 2.78. The Morgan fingerprint density at radius 2 is 2.06 bits per heavy atom. The lowest BCUT2D eigenvalue weighted by atomic mass is 10.4. The second kappa shape index (κ2) is 5.57. The predicted octanol–water partition coefficient (Wildman–Crippen LogP) is -0.315. The molecule has 0 aliphatic carbocycles. The van der Waals surface area contributed by atoms with Gasteiger partial charge in [-0.05, 0) is 0 Å². The molecule has 7 heteroatoms. The van der Waals surface area contributed by atoms with Crippen LogP contribution in [0.3, 0.4) is 0 Å². The molecule has 0 atom stereocenters. The highest BCUT2D eigenvalue weighted by Gasteiger charge is 2.08. The van der Waals surface area contributed by atoms with E-state index in [0.717, 1.165) is 10.8 Å². The average molecular weight is 232 g/mol. The van der Waals surface area contributed by atoms with Crippen LogP contribution in [0, 0.1) is 5.82 Å². The maximum absolute atomic E-state index is 12.9. The van der Waals surface area contributed by atoms with Crippen molar-refractivity contribution in [3.8, 4) is 0 Å². The molecule has 1 aromatic heterocycles. The van der Waals surface area contributed by atoms with Gasteiger partial charge < -0.3 is 9.47 Å². The molecule has 1 aromatic rings. The van der Waals surface area contributed by atoms with Crippen molar-refractivity contribution >= 4 is 0 Å². The molecule has 0 aliphatic rings. The molecule has 0 aromatic carbocycles. The third kappa shape index (κ3) is 3.01. The molecular formula is C9H13FN2O4. The third-order valence-corrected chi connectivity index (χ3v) is 2.10. The Kier molecular flexibility index (Phi) is 4.39. The van der Waals surface area contributed by atoms with E-state index in [9.17, 15) is 14.0 Å². The first-order chi connectivity index (χ1) is 7.58. The molecule has 0 spiro atoms. The molecule has 0 saturated carbocycles. The number of nitrogens with one attached hydrogen (secondary N) is 1. The summed E-state index contributed by atoms with van der Waals surface area (Å²) in [7, 11) is 2.93. The average Bonchev–Trinajstić information content (AvgIpc) is 2.26. The number of rotatable bonds is 5. The fourth-order valence-electron chi connectivity index (χ4n) is 1.23. The number of H-pyrrole nitrogens is 1. The number of methoxy groups -OCH3 is 2. The highest BCUT2D eigenvalue weighted by Crippen LogP contribution is 1.99. The summed E-state index contributed by atoms with van der Waals surface area (Å²) in [6, 6.07) is 0. The Morgan fingerprint density at radius 3 is 2.62 bits per heavy atom. The summed E-state index contributed by atoms with van der Waals surface area (Å²) in [5.74, 6) is -0.994. The number of hydrogen-bond acceptors (Lipinski definition) is 4. The van der Waals surface area contributed by atoms with Crippen LogP contribution < -0.4 is 11.2 Å². The number of aryl methyl sites for hydroxylation is 1. The molecular weight excluding hydrogens is 219 g/mol. The van der Waals surface area contributed by atoms with Crippen LogP contribution in [-0.4, -0.2) is 30.1 Å². The van der Waals surface area contributed by atoms with Crippen LogP contribution in [0.4, 0.5) is 4.39 Å². The maximum Gasteiger partial charge on any atom is 0.328 e. The first-order valence-electron chi connectivity index (χ1n) is 4.63. The topological polar surface area (TPSA) is 73.3 Å². The van der Waals surface area contributed by atoms with Gasteiger partial charge in [0, 0.05) is 27.2 Å². The van der Waals surface area contributed by atoms with Gasteiger partial charge in [0.2, 0.25) is 5.82 Å². The minimum atomic E-state index is -1.02. The van der Waals surface area contributed by atoms with Gasteiger partial charge in [0.25, 0.3) is 5.56 Å². The summed E-state index contributed by atoms with van der Waals surface area (Å²) in [5.41, 5.74) is -1.67. The van der Waals surface area contributed by atoms with Crippen LogP contribution >= 0.6 is 0 Å². The first kappa shape index (κ1) is 12.6. The van der Waals surface area contributed by atoms with Crippen LogP contribution in [0.15, 0.2) is 15.8 Å². The molecule has 90 valence electrons. The van der Waals surface area contributed by atoms with E-state index in [1.807, 2.05) is 4.98 Å². The van der Waals surface area contributed by atoms with E-state index in [2.05, 4.69) is 0 Å².